The molecule has 0 saturated carbocycles. The fourth-order valence-corrected chi connectivity index (χ4v) is 4.13. The highest BCUT2D eigenvalue weighted by Gasteiger charge is 2.02. The van der Waals surface area contributed by atoms with E-state index in [4.69, 9.17) is 61.6 Å². The number of carbonyl (C=O) groups is 1. The van der Waals surface area contributed by atoms with Gasteiger partial charge in [0, 0.05) is 13.0 Å². The van der Waals surface area contributed by atoms with Gasteiger partial charge in [-0.05, 0) is 12.8 Å². The van der Waals surface area contributed by atoms with Crippen LogP contribution < -0.4 is 0 Å². The van der Waals surface area contributed by atoms with Crippen LogP contribution in [0, 0.1) is 0 Å². The molecule has 0 fully saturated rings. The molecule has 0 heterocycles. The second-order valence-electron chi connectivity index (χ2n) is 11.4. The molecule has 0 spiro atoms. The van der Waals surface area contributed by atoms with Crippen LogP contribution in [0.2, 0.25) is 0 Å². The van der Waals surface area contributed by atoms with E-state index in [2.05, 4.69) is 13.8 Å². The highest BCUT2D eigenvalue weighted by molar-refractivity contribution is 5.69. The van der Waals surface area contributed by atoms with Gasteiger partial charge in [0.2, 0.25) is 0 Å². The van der Waals surface area contributed by atoms with Crippen molar-refractivity contribution in [3.63, 3.8) is 0 Å². The summed E-state index contributed by atoms with van der Waals surface area (Å²) < 4.78 is 70.9. The first-order valence-electron chi connectivity index (χ1n) is 19.4. The quantitative estimate of drug-likeness (QED) is 0.0648. The zero-order valence-electron chi connectivity index (χ0n) is 32.3. The van der Waals surface area contributed by atoms with E-state index in [0.717, 1.165) is 32.3 Å². The zero-order valence-corrected chi connectivity index (χ0v) is 32.3. The van der Waals surface area contributed by atoms with Gasteiger partial charge in [0.15, 0.2) is 0 Å². The molecule has 0 rings (SSSR count). The third-order valence-electron chi connectivity index (χ3n) is 6.96. The summed E-state index contributed by atoms with van der Waals surface area (Å²) in [6.07, 6.45) is 9.76. The molecule has 14 heteroatoms. The van der Waals surface area contributed by atoms with Gasteiger partial charge in [-0.25, -0.2) is 0 Å². The number of hydrogen-bond acceptors (Lipinski definition) is 14. The van der Waals surface area contributed by atoms with Crippen LogP contribution in [0.5, 0.6) is 0 Å². The van der Waals surface area contributed by atoms with Crippen LogP contribution in [0.4, 0.5) is 0 Å². The lowest BCUT2D eigenvalue weighted by atomic mass is 10.2. The second-order valence-corrected chi connectivity index (χ2v) is 11.4. The van der Waals surface area contributed by atoms with Crippen LogP contribution in [0.1, 0.15) is 71.6 Å². The standard InChI is InChI=1S/C37H74O14/c1-3-5-7-8-10-12-39-13-14-40-15-16-41-17-18-42-19-20-43-21-22-44-23-24-45-25-26-46-27-28-47-29-30-48-31-32-49-33-34-50-35-36-51-37(38)11-9-6-4-2/h3-36H2,1-2H3. The lowest BCUT2D eigenvalue weighted by Crippen LogP contribution is -2.15. The van der Waals surface area contributed by atoms with Crippen molar-refractivity contribution in [3.05, 3.63) is 0 Å². The van der Waals surface area contributed by atoms with Gasteiger partial charge in [-0.15, -0.1) is 0 Å². The molecule has 0 bridgehead atoms. The number of ether oxygens (including phenoxy) is 13. The van der Waals surface area contributed by atoms with Gasteiger partial charge in [0.05, 0.1) is 152 Å². The predicted molar refractivity (Wildman–Crippen MR) is 194 cm³/mol. The molecule has 0 aliphatic heterocycles. The highest BCUT2D eigenvalue weighted by Crippen LogP contribution is 2.02. The van der Waals surface area contributed by atoms with E-state index in [-0.39, 0.29) is 12.6 Å². The Morgan fingerprint density at radius 3 is 0.804 bits per heavy atom. The van der Waals surface area contributed by atoms with Gasteiger partial charge >= 0.3 is 5.97 Å². The van der Waals surface area contributed by atoms with E-state index in [1.165, 1.54) is 25.7 Å². The van der Waals surface area contributed by atoms with Crippen molar-refractivity contribution in [2.45, 2.75) is 71.6 Å². The molecular weight excluding hydrogens is 668 g/mol. The Morgan fingerprint density at radius 1 is 0.275 bits per heavy atom. The second kappa shape index (κ2) is 47.0. The summed E-state index contributed by atoms with van der Waals surface area (Å²) in [7, 11) is 0. The van der Waals surface area contributed by atoms with Gasteiger partial charge in [-0.1, -0.05) is 52.4 Å². The molecule has 0 aliphatic carbocycles. The monoisotopic (exact) mass is 743 g/mol. The molecule has 0 N–H and O–H groups in total. The Hall–Kier alpha value is -1.01. The van der Waals surface area contributed by atoms with Crippen molar-refractivity contribution >= 4 is 5.97 Å². The third-order valence-corrected chi connectivity index (χ3v) is 6.96. The van der Waals surface area contributed by atoms with Gasteiger partial charge in [0.1, 0.15) is 6.61 Å². The Morgan fingerprint density at radius 2 is 0.510 bits per heavy atom. The molecule has 0 aromatic heterocycles. The summed E-state index contributed by atoms with van der Waals surface area (Å²) in [5, 5.41) is 0. The summed E-state index contributed by atoms with van der Waals surface area (Å²) in [4.78, 5) is 11.5. The molecule has 0 atom stereocenters. The van der Waals surface area contributed by atoms with Crippen LogP contribution in [0.15, 0.2) is 0 Å². The van der Waals surface area contributed by atoms with E-state index in [0.29, 0.717) is 158 Å². The number of rotatable bonds is 46. The first-order chi connectivity index (χ1) is 25.3. The molecule has 0 aromatic rings. The molecular formula is C37H74O14. The van der Waals surface area contributed by atoms with E-state index in [1.54, 1.807) is 0 Å². The van der Waals surface area contributed by atoms with E-state index < -0.39 is 0 Å². The van der Waals surface area contributed by atoms with Crippen LogP contribution in [0.3, 0.4) is 0 Å². The van der Waals surface area contributed by atoms with Crippen LogP contribution in [-0.2, 0) is 66.4 Å². The summed E-state index contributed by atoms with van der Waals surface area (Å²) in [5.41, 5.74) is 0. The van der Waals surface area contributed by atoms with Crippen molar-refractivity contribution < 1.29 is 66.4 Å². The van der Waals surface area contributed by atoms with Gasteiger partial charge in [0.25, 0.3) is 0 Å². The Labute approximate surface area is 309 Å². The zero-order chi connectivity index (χ0) is 36.8. The fraction of sp³-hybridized carbons (Fsp3) is 0.973. The first kappa shape index (κ1) is 50.0. The number of unbranched alkanes of at least 4 members (excludes halogenated alkanes) is 6. The first-order valence-corrected chi connectivity index (χ1v) is 19.4. The van der Waals surface area contributed by atoms with Crippen molar-refractivity contribution in [1.29, 1.82) is 0 Å². The number of hydrogen-bond donors (Lipinski definition) is 0. The maximum atomic E-state index is 11.5. The van der Waals surface area contributed by atoms with Crippen molar-refractivity contribution in [2.75, 3.05) is 165 Å². The SMILES string of the molecule is CCCCCCCOCCOCCOCCOCCOCCOCCOCCOCCOCCOCCOCCOCCOC(=O)CCCCC. The fourth-order valence-electron chi connectivity index (χ4n) is 4.13. The predicted octanol–water partition coefficient (Wildman–Crippen LogP) is 4.28. The molecule has 306 valence electrons. The molecule has 0 unspecified atom stereocenters. The Bertz CT molecular complexity index is 646. The highest BCUT2D eigenvalue weighted by atomic mass is 16.6. The van der Waals surface area contributed by atoms with Gasteiger partial charge in [-0.2, -0.15) is 0 Å². The lowest BCUT2D eigenvalue weighted by Gasteiger charge is -2.09. The van der Waals surface area contributed by atoms with Crippen molar-refractivity contribution in [1.82, 2.24) is 0 Å². The summed E-state index contributed by atoms with van der Waals surface area (Å²) in [6.45, 7) is 17.2. The lowest BCUT2D eigenvalue weighted by molar-refractivity contribution is -0.145. The largest absolute Gasteiger partial charge is 0.463 e. The molecule has 14 nitrogen and oxygen atoms in total. The minimum absolute atomic E-state index is 0.159. The van der Waals surface area contributed by atoms with Crippen LogP contribution in [-0.4, -0.2) is 171 Å². The van der Waals surface area contributed by atoms with Gasteiger partial charge < -0.3 is 61.6 Å². The summed E-state index contributed by atoms with van der Waals surface area (Å²) in [5.74, 6) is -0.159. The molecule has 0 aromatic carbocycles. The maximum absolute atomic E-state index is 11.5. The maximum Gasteiger partial charge on any atom is 0.305 e. The normalized spacial score (nSPS) is 11.5. The number of esters is 1. The van der Waals surface area contributed by atoms with E-state index in [9.17, 15) is 4.79 Å². The van der Waals surface area contributed by atoms with Crippen LogP contribution >= 0.6 is 0 Å². The summed E-state index contributed by atoms with van der Waals surface area (Å²) >= 11 is 0. The smallest absolute Gasteiger partial charge is 0.305 e. The third kappa shape index (κ3) is 47.0. The van der Waals surface area contributed by atoms with E-state index >= 15 is 0 Å². The Balaban J connectivity index is 3.07. The average molecular weight is 743 g/mol. The Kier molecular flexibility index (Phi) is 46.1. The number of carbonyl (C=O) groups excluding carboxylic acids is 1. The molecule has 0 saturated heterocycles. The van der Waals surface area contributed by atoms with Crippen LogP contribution in [0.25, 0.3) is 0 Å². The minimum atomic E-state index is -0.159. The molecule has 0 aliphatic rings. The molecule has 51 heavy (non-hydrogen) atoms. The van der Waals surface area contributed by atoms with Crippen molar-refractivity contribution in [3.8, 4) is 0 Å². The molecule has 0 amide bonds. The van der Waals surface area contributed by atoms with E-state index in [1.807, 2.05) is 0 Å². The summed E-state index contributed by atoms with van der Waals surface area (Å²) in [6, 6.07) is 0. The minimum Gasteiger partial charge on any atom is -0.463 e. The average Bonchev–Trinajstić information content (AvgIpc) is 3.13. The van der Waals surface area contributed by atoms with Gasteiger partial charge in [-0.3, -0.25) is 4.79 Å². The van der Waals surface area contributed by atoms with Crippen molar-refractivity contribution in [2.24, 2.45) is 0 Å². The topological polar surface area (TPSA) is 137 Å². The molecule has 0 radical (unpaired) electrons.